The van der Waals surface area contributed by atoms with Crippen LogP contribution in [0.15, 0.2) is 28.7 Å². The van der Waals surface area contributed by atoms with E-state index in [9.17, 15) is 9.18 Å². The van der Waals surface area contributed by atoms with E-state index in [1.54, 1.807) is 12.1 Å². The number of carbonyl (C=O) groups excluding carboxylic acids is 1. The van der Waals surface area contributed by atoms with E-state index >= 15 is 0 Å². The van der Waals surface area contributed by atoms with Crippen LogP contribution < -0.4 is 0 Å². The first-order chi connectivity index (χ1) is 9.17. The number of hydrogen-bond acceptors (Lipinski definition) is 6. The van der Waals surface area contributed by atoms with Gasteiger partial charge in [-0.2, -0.15) is 0 Å². The Balaban J connectivity index is 2.04. The Hall–Kier alpha value is -2.28. The normalized spacial score (nSPS) is 10.8. The smallest absolute Gasteiger partial charge is 0.396 e. The second kappa shape index (κ2) is 4.43. The van der Waals surface area contributed by atoms with Gasteiger partial charge < -0.3 is 9.15 Å². The van der Waals surface area contributed by atoms with Gasteiger partial charge in [0.05, 0.1) is 12.0 Å². The largest absolute Gasteiger partial charge is 0.462 e. The molecule has 0 bridgehead atoms. The van der Waals surface area contributed by atoms with Crippen LogP contribution in [-0.4, -0.2) is 23.3 Å². The second-order valence-electron chi connectivity index (χ2n) is 3.70. The minimum Gasteiger partial charge on any atom is -0.462 e. The van der Waals surface area contributed by atoms with Crippen LogP contribution in [0.4, 0.5) is 4.39 Å². The fourth-order valence-corrected chi connectivity index (χ4v) is 2.61. The molecular weight excluding hydrogens is 271 g/mol. The van der Waals surface area contributed by atoms with Gasteiger partial charge in [-0.25, -0.2) is 9.18 Å². The van der Waals surface area contributed by atoms with Crippen LogP contribution in [0, 0.1) is 5.82 Å². The molecule has 0 unspecified atom stereocenters. The highest BCUT2D eigenvalue weighted by Crippen LogP contribution is 2.33. The molecule has 2 heterocycles. The van der Waals surface area contributed by atoms with Crippen LogP contribution in [0.3, 0.4) is 0 Å². The van der Waals surface area contributed by atoms with Crippen molar-refractivity contribution in [1.82, 2.24) is 10.2 Å². The third kappa shape index (κ3) is 2.08. The Morgan fingerprint density at radius 1 is 1.37 bits per heavy atom. The molecule has 2 aromatic heterocycles. The number of hydrogen-bond donors (Lipinski definition) is 0. The lowest BCUT2D eigenvalue weighted by Gasteiger charge is -1.89. The van der Waals surface area contributed by atoms with Crippen molar-refractivity contribution in [1.29, 1.82) is 0 Å². The molecule has 0 atom stereocenters. The van der Waals surface area contributed by atoms with Crippen molar-refractivity contribution in [3.8, 4) is 10.8 Å². The lowest BCUT2D eigenvalue weighted by molar-refractivity contribution is 0.0557. The van der Waals surface area contributed by atoms with Gasteiger partial charge in [-0.1, -0.05) is 6.07 Å². The van der Waals surface area contributed by atoms with E-state index < -0.39 is 5.97 Å². The highest BCUT2D eigenvalue weighted by molar-refractivity contribution is 7.22. The van der Waals surface area contributed by atoms with Gasteiger partial charge in [-0.05, 0) is 23.6 Å². The number of fused-ring (bicyclic) bond motifs is 1. The third-order valence-corrected chi connectivity index (χ3v) is 3.56. The lowest BCUT2D eigenvalue weighted by Crippen LogP contribution is -2.00. The predicted molar refractivity (Wildman–Crippen MR) is 66.4 cm³/mol. The monoisotopic (exact) mass is 278 g/mol. The molecule has 0 radical (unpaired) electrons. The number of esters is 1. The second-order valence-corrected chi connectivity index (χ2v) is 4.78. The highest BCUT2D eigenvalue weighted by atomic mass is 32.1. The molecule has 0 amide bonds. The number of ether oxygens (including phenoxy) is 1. The third-order valence-electron chi connectivity index (χ3n) is 2.48. The van der Waals surface area contributed by atoms with E-state index in [0.29, 0.717) is 4.88 Å². The maximum Gasteiger partial charge on any atom is 0.396 e. The predicted octanol–water partition coefficient (Wildman–Crippen LogP) is 2.88. The summed E-state index contributed by atoms with van der Waals surface area (Å²) < 4.78 is 23.6. The van der Waals surface area contributed by atoms with Gasteiger partial charge in [-0.15, -0.1) is 21.5 Å². The molecule has 0 spiro atoms. The van der Waals surface area contributed by atoms with E-state index in [0.717, 1.165) is 10.1 Å². The van der Waals surface area contributed by atoms with Crippen molar-refractivity contribution < 1.29 is 18.3 Å². The number of carbonyl (C=O) groups is 1. The van der Waals surface area contributed by atoms with Crippen LogP contribution in [0.2, 0.25) is 0 Å². The van der Waals surface area contributed by atoms with Gasteiger partial charge in [0, 0.05) is 4.70 Å². The summed E-state index contributed by atoms with van der Waals surface area (Å²) in [7, 11) is 1.23. The number of methoxy groups -OCH3 is 1. The maximum absolute atomic E-state index is 13.1. The zero-order valence-electron chi connectivity index (χ0n) is 9.71. The molecule has 1 aromatic carbocycles. The van der Waals surface area contributed by atoms with Crippen LogP contribution in [0.5, 0.6) is 0 Å². The van der Waals surface area contributed by atoms with Crippen LogP contribution in [0.1, 0.15) is 10.7 Å². The average molecular weight is 278 g/mol. The van der Waals surface area contributed by atoms with E-state index in [2.05, 4.69) is 14.9 Å². The molecule has 0 aliphatic carbocycles. The Kier molecular flexibility index (Phi) is 2.75. The molecule has 3 rings (SSSR count). The Bertz CT molecular complexity index is 765. The molecule has 5 nitrogen and oxygen atoms in total. The van der Waals surface area contributed by atoms with Gasteiger partial charge in [-0.3, -0.25) is 0 Å². The maximum atomic E-state index is 13.1. The molecule has 0 aliphatic rings. The molecule has 0 fully saturated rings. The topological polar surface area (TPSA) is 65.2 Å². The van der Waals surface area contributed by atoms with Crippen LogP contribution in [-0.2, 0) is 4.74 Å². The Morgan fingerprint density at radius 2 is 2.21 bits per heavy atom. The van der Waals surface area contributed by atoms with E-state index in [4.69, 9.17) is 4.42 Å². The van der Waals surface area contributed by atoms with Gasteiger partial charge in [0.1, 0.15) is 5.82 Å². The summed E-state index contributed by atoms with van der Waals surface area (Å²) in [5.74, 6) is -0.990. The Labute approximate surface area is 110 Å². The first-order valence-electron chi connectivity index (χ1n) is 5.28. The summed E-state index contributed by atoms with van der Waals surface area (Å²) in [5.41, 5.74) is 0. The molecule has 0 aliphatic heterocycles. The molecule has 96 valence electrons. The zero-order chi connectivity index (χ0) is 13.4. The number of thiophene rings is 1. The first-order valence-corrected chi connectivity index (χ1v) is 6.10. The van der Waals surface area contributed by atoms with E-state index in [1.165, 1.54) is 30.6 Å². The number of aromatic nitrogens is 2. The first kappa shape index (κ1) is 11.8. The van der Waals surface area contributed by atoms with Crippen molar-refractivity contribution >= 4 is 27.4 Å². The summed E-state index contributed by atoms with van der Waals surface area (Å²) in [6, 6.07) is 6.28. The average Bonchev–Trinajstić information content (AvgIpc) is 3.03. The number of benzene rings is 1. The summed E-state index contributed by atoms with van der Waals surface area (Å²) in [4.78, 5) is 11.9. The SMILES string of the molecule is COC(=O)c1nnc(-c2cc3ccc(F)cc3s2)o1. The van der Waals surface area contributed by atoms with Gasteiger partial charge >= 0.3 is 11.9 Å². The molecule has 0 N–H and O–H groups in total. The summed E-state index contributed by atoms with van der Waals surface area (Å²) in [6.07, 6.45) is 0. The standard InChI is InChI=1S/C12H7FN2O3S/c1-17-12(16)11-15-14-10(18-11)9-4-6-2-3-7(13)5-8(6)19-9/h2-5H,1H3. The minimum atomic E-state index is -0.689. The fourth-order valence-electron chi connectivity index (χ4n) is 1.60. The van der Waals surface area contributed by atoms with E-state index in [-0.39, 0.29) is 17.6 Å². The molecule has 0 saturated carbocycles. The van der Waals surface area contributed by atoms with Crippen molar-refractivity contribution in [2.24, 2.45) is 0 Å². The molecule has 7 heteroatoms. The van der Waals surface area contributed by atoms with Gasteiger partial charge in [0.2, 0.25) is 0 Å². The highest BCUT2D eigenvalue weighted by Gasteiger charge is 2.17. The molecule has 3 aromatic rings. The lowest BCUT2D eigenvalue weighted by atomic mass is 10.2. The van der Waals surface area contributed by atoms with Crippen LogP contribution in [0.25, 0.3) is 20.9 Å². The van der Waals surface area contributed by atoms with Crippen molar-refractivity contribution in [2.45, 2.75) is 0 Å². The minimum absolute atomic E-state index is 0.207. The molecule has 19 heavy (non-hydrogen) atoms. The summed E-state index contributed by atoms with van der Waals surface area (Å²) >= 11 is 1.31. The van der Waals surface area contributed by atoms with Gasteiger partial charge in [0.15, 0.2) is 0 Å². The van der Waals surface area contributed by atoms with Gasteiger partial charge in [0.25, 0.3) is 5.89 Å². The zero-order valence-corrected chi connectivity index (χ0v) is 10.5. The molecule has 0 saturated heterocycles. The number of nitrogens with zero attached hydrogens (tertiary/aromatic N) is 2. The van der Waals surface area contributed by atoms with Crippen molar-refractivity contribution in [3.05, 3.63) is 36.0 Å². The molecular formula is C12H7FN2O3S. The van der Waals surface area contributed by atoms with Crippen LogP contribution >= 0.6 is 11.3 Å². The summed E-state index contributed by atoms with van der Waals surface area (Å²) in [5, 5.41) is 8.24. The number of rotatable bonds is 2. The summed E-state index contributed by atoms with van der Waals surface area (Å²) in [6.45, 7) is 0. The van der Waals surface area contributed by atoms with Crippen molar-refractivity contribution in [2.75, 3.05) is 7.11 Å². The quantitative estimate of drug-likeness (QED) is 0.674. The Morgan fingerprint density at radius 3 is 3.00 bits per heavy atom. The number of halogens is 1. The van der Waals surface area contributed by atoms with E-state index in [1.807, 2.05) is 0 Å². The van der Waals surface area contributed by atoms with Crippen molar-refractivity contribution in [3.63, 3.8) is 0 Å². The fraction of sp³-hybridized carbons (Fsp3) is 0.0833.